The zero-order chi connectivity index (χ0) is 11.5. The summed E-state index contributed by atoms with van der Waals surface area (Å²) >= 11 is 0. The molecule has 0 saturated carbocycles. The molecule has 0 fully saturated rings. The SMILES string of the molecule is COCCCCCCCCN1C=CC=CC1. The van der Waals surface area contributed by atoms with Crippen LogP contribution in [0.4, 0.5) is 0 Å². The molecule has 1 aliphatic rings. The van der Waals surface area contributed by atoms with E-state index in [2.05, 4.69) is 29.3 Å². The summed E-state index contributed by atoms with van der Waals surface area (Å²) in [7, 11) is 1.78. The van der Waals surface area contributed by atoms with Gasteiger partial charge in [-0.15, -0.1) is 0 Å². The van der Waals surface area contributed by atoms with E-state index in [0.717, 1.165) is 13.2 Å². The van der Waals surface area contributed by atoms with Crippen LogP contribution in [0.2, 0.25) is 0 Å². The van der Waals surface area contributed by atoms with Crippen molar-refractivity contribution in [3.05, 3.63) is 24.4 Å². The fraction of sp³-hybridized carbons (Fsp3) is 0.714. The standard InChI is InChI=1S/C14H25NO/c1-16-14-10-5-3-2-4-7-11-15-12-8-6-9-13-15/h6,8-9,12H,2-5,7,10-11,13-14H2,1H3. The summed E-state index contributed by atoms with van der Waals surface area (Å²) in [6.07, 6.45) is 16.6. The lowest BCUT2D eigenvalue weighted by Crippen LogP contribution is -2.19. The lowest BCUT2D eigenvalue weighted by atomic mass is 10.1. The van der Waals surface area contributed by atoms with Crippen molar-refractivity contribution in [1.82, 2.24) is 4.90 Å². The summed E-state index contributed by atoms with van der Waals surface area (Å²) in [5, 5.41) is 0. The zero-order valence-electron chi connectivity index (χ0n) is 10.5. The molecule has 0 radical (unpaired) electrons. The van der Waals surface area contributed by atoms with Gasteiger partial charge in [0.2, 0.25) is 0 Å². The van der Waals surface area contributed by atoms with Gasteiger partial charge in [0.05, 0.1) is 0 Å². The van der Waals surface area contributed by atoms with Gasteiger partial charge < -0.3 is 9.64 Å². The van der Waals surface area contributed by atoms with Crippen LogP contribution in [0.5, 0.6) is 0 Å². The summed E-state index contributed by atoms with van der Waals surface area (Å²) in [6.45, 7) is 3.22. The maximum Gasteiger partial charge on any atom is 0.0462 e. The number of rotatable bonds is 9. The molecular weight excluding hydrogens is 198 g/mol. The van der Waals surface area contributed by atoms with Gasteiger partial charge in [-0.25, -0.2) is 0 Å². The van der Waals surface area contributed by atoms with Gasteiger partial charge in [-0.1, -0.05) is 37.8 Å². The Morgan fingerprint density at radius 3 is 2.44 bits per heavy atom. The third-order valence-electron chi connectivity index (χ3n) is 2.93. The van der Waals surface area contributed by atoms with Gasteiger partial charge >= 0.3 is 0 Å². The Bertz CT molecular complexity index is 211. The first-order chi connectivity index (χ1) is 7.93. The number of methoxy groups -OCH3 is 1. The quantitative estimate of drug-likeness (QED) is 0.556. The van der Waals surface area contributed by atoms with Crippen LogP contribution in [-0.4, -0.2) is 31.7 Å². The molecule has 0 amide bonds. The Morgan fingerprint density at radius 2 is 1.75 bits per heavy atom. The summed E-state index contributed by atoms with van der Waals surface area (Å²) in [6, 6.07) is 0. The van der Waals surface area contributed by atoms with Crippen molar-refractivity contribution in [3.63, 3.8) is 0 Å². The second-order valence-electron chi connectivity index (χ2n) is 4.38. The van der Waals surface area contributed by atoms with Gasteiger partial charge in [-0.3, -0.25) is 0 Å². The smallest absolute Gasteiger partial charge is 0.0462 e. The maximum absolute atomic E-state index is 5.03. The van der Waals surface area contributed by atoms with Gasteiger partial charge in [-0.05, 0) is 25.1 Å². The highest BCUT2D eigenvalue weighted by Gasteiger charge is 1.98. The molecule has 0 aromatic heterocycles. The molecule has 0 N–H and O–H groups in total. The number of hydrogen-bond donors (Lipinski definition) is 0. The Balaban J connectivity index is 1.81. The van der Waals surface area contributed by atoms with Gasteiger partial charge in [0.1, 0.15) is 0 Å². The van der Waals surface area contributed by atoms with Crippen LogP contribution in [0.1, 0.15) is 38.5 Å². The lowest BCUT2D eigenvalue weighted by molar-refractivity contribution is 0.192. The average molecular weight is 223 g/mol. The largest absolute Gasteiger partial charge is 0.385 e. The molecule has 16 heavy (non-hydrogen) atoms. The molecule has 1 rings (SSSR count). The second kappa shape index (κ2) is 9.46. The first kappa shape index (κ1) is 13.3. The van der Waals surface area contributed by atoms with E-state index in [1.54, 1.807) is 7.11 Å². The van der Waals surface area contributed by atoms with E-state index in [1.807, 2.05) is 0 Å². The van der Waals surface area contributed by atoms with Crippen molar-refractivity contribution >= 4 is 0 Å². The molecule has 0 bridgehead atoms. The normalized spacial score (nSPS) is 14.7. The molecule has 0 saturated heterocycles. The van der Waals surface area contributed by atoms with E-state index in [9.17, 15) is 0 Å². The van der Waals surface area contributed by atoms with E-state index < -0.39 is 0 Å². The topological polar surface area (TPSA) is 12.5 Å². The highest BCUT2D eigenvalue weighted by molar-refractivity contribution is 5.08. The number of nitrogens with zero attached hydrogens (tertiary/aromatic N) is 1. The van der Waals surface area contributed by atoms with Gasteiger partial charge in [0.15, 0.2) is 0 Å². The lowest BCUT2D eigenvalue weighted by Gasteiger charge is -2.20. The summed E-state index contributed by atoms with van der Waals surface area (Å²) in [4.78, 5) is 2.38. The van der Waals surface area contributed by atoms with E-state index >= 15 is 0 Å². The maximum atomic E-state index is 5.03. The van der Waals surface area contributed by atoms with Crippen LogP contribution in [-0.2, 0) is 4.74 Å². The van der Waals surface area contributed by atoms with E-state index in [1.165, 1.54) is 45.1 Å². The Morgan fingerprint density at radius 1 is 1.00 bits per heavy atom. The van der Waals surface area contributed by atoms with Gasteiger partial charge in [-0.2, -0.15) is 0 Å². The third-order valence-corrected chi connectivity index (χ3v) is 2.93. The summed E-state index contributed by atoms with van der Waals surface area (Å²) in [5.41, 5.74) is 0. The molecule has 0 aromatic rings. The predicted molar refractivity (Wildman–Crippen MR) is 69.4 cm³/mol. The molecule has 2 heteroatoms. The molecule has 1 heterocycles. The van der Waals surface area contributed by atoms with Crippen LogP contribution in [0, 0.1) is 0 Å². The Hall–Kier alpha value is -0.760. The van der Waals surface area contributed by atoms with Crippen LogP contribution >= 0.6 is 0 Å². The minimum absolute atomic E-state index is 0.922. The number of hydrogen-bond acceptors (Lipinski definition) is 2. The van der Waals surface area contributed by atoms with Crippen LogP contribution < -0.4 is 0 Å². The predicted octanol–water partition coefficient (Wildman–Crippen LogP) is 3.36. The molecule has 92 valence electrons. The van der Waals surface area contributed by atoms with Crippen LogP contribution in [0.15, 0.2) is 24.4 Å². The summed E-state index contributed by atoms with van der Waals surface area (Å²) in [5.74, 6) is 0. The number of allylic oxidation sites excluding steroid dienone is 2. The van der Waals surface area contributed by atoms with Crippen LogP contribution in [0.25, 0.3) is 0 Å². The Kier molecular flexibility index (Phi) is 7.87. The van der Waals surface area contributed by atoms with Gasteiger partial charge in [0, 0.05) is 26.8 Å². The monoisotopic (exact) mass is 223 g/mol. The molecule has 2 nitrogen and oxygen atoms in total. The van der Waals surface area contributed by atoms with Gasteiger partial charge in [0.25, 0.3) is 0 Å². The number of unbranched alkanes of at least 4 members (excludes halogenated alkanes) is 5. The first-order valence-corrected chi connectivity index (χ1v) is 6.50. The summed E-state index contributed by atoms with van der Waals surface area (Å²) < 4.78 is 5.03. The highest BCUT2D eigenvalue weighted by Crippen LogP contribution is 2.07. The molecule has 0 aromatic carbocycles. The zero-order valence-corrected chi connectivity index (χ0v) is 10.5. The minimum Gasteiger partial charge on any atom is -0.385 e. The van der Waals surface area contributed by atoms with Crippen molar-refractivity contribution in [2.24, 2.45) is 0 Å². The van der Waals surface area contributed by atoms with Crippen LogP contribution in [0.3, 0.4) is 0 Å². The molecule has 1 aliphatic heterocycles. The minimum atomic E-state index is 0.922. The van der Waals surface area contributed by atoms with Crippen molar-refractivity contribution in [2.75, 3.05) is 26.8 Å². The molecular formula is C14H25NO. The third kappa shape index (κ3) is 6.67. The first-order valence-electron chi connectivity index (χ1n) is 6.50. The number of ether oxygens (including phenoxy) is 1. The molecule has 0 aliphatic carbocycles. The average Bonchev–Trinajstić information content (AvgIpc) is 2.34. The van der Waals surface area contributed by atoms with Crippen molar-refractivity contribution < 1.29 is 4.74 Å². The Labute approximate surface area is 100.0 Å². The fourth-order valence-electron chi connectivity index (χ4n) is 1.94. The molecule has 0 spiro atoms. The van der Waals surface area contributed by atoms with E-state index in [0.29, 0.717) is 0 Å². The van der Waals surface area contributed by atoms with Crippen molar-refractivity contribution in [2.45, 2.75) is 38.5 Å². The fourth-order valence-corrected chi connectivity index (χ4v) is 1.94. The highest BCUT2D eigenvalue weighted by atomic mass is 16.5. The van der Waals surface area contributed by atoms with Crippen molar-refractivity contribution in [3.8, 4) is 0 Å². The van der Waals surface area contributed by atoms with E-state index in [4.69, 9.17) is 4.74 Å². The second-order valence-corrected chi connectivity index (χ2v) is 4.38. The molecule has 0 unspecified atom stereocenters. The van der Waals surface area contributed by atoms with E-state index in [-0.39, 0.29) is 0 Å². The molecule has 0 atom stereocenters. The van der Waals surface area contributed by atoms with Crippen molar-refractivity contribution in [1.29, 1.82) is 0 Å².